The van der Waals surface area contributed by atoms with Gasteiger partial charge in [-0.3, -0.25) is 4.72 Å². The quantitative estimate of drug-likeness (QED) is 0.708. The highest BCUT2D eigenvalue weighted by atomic mass is 32.2. The second-order valence-electron chi connectivity index (χ2n) is 5.29. The SMILES string of the molecule is Cc1nnnn1-c1cccc(NS(=O)(=O)c2ccccc2OC(F)(F)F)c1. The molecule has 0 saturated carbocycles. The molecule has 0 aliphatic rings. The largest absolute Gasteiger partial charge is 0.573 e. The number of rotatable bonds is 5. The van der Waals surface area contributed by atoms with Crippen LogP contribution in [-0.4, -0.2) is 35.0 Å². The molecule has 27 heavy (non-hydrogen) atoms. The van der Waals surface area contributed by atoms with Crippen molar-refractivity contribution in [3.05, 3.63) is 54.4 Å². The first kappa shape index (κ1) is 18.6. The van der Waals surface area contributed by atoms with Crippen molar-refractivity contribution in [3.63, 3.8) is 0 Å². The monoisotopic (exact) mass is 399 g/mol. The summed E-state index contributed by atoms with van der Waals surface area (Å²) >= 11 is 0. The first-order valence-corrected chi connectivity index (χ1v) is 8.87. The van der Waals surface area contributed by atoms with Crippen LogP contribution >= 0.6 is 0 Å². The molecular formula is C15H12F3N5O3S. The van der Waals surface area contributed by atoms with Crippen molar-refractivity contribution in [2.24, 2.45) is 0 Å². The fourth-order valence-electron chi connectivity index (χ4n) is 2.26. The lowest BCUT2D eigenvalue weighted by molar-refractivity contribution is -0.275. The Kier molecular flexibility index (Phi) is 4.74. The van der Waals surface area contributed by atoms with Crippen LogP contribution in [0.2, 0.25) is 0 Å². The highest BCUT2D eigenvalue weighted by Crippen LogP contribution is 2.30. The van der Waals surface area contributed by atoms with Crippen molar-refractivity contribution in [1.82, 2.24) is 20.2 Å². The van der Waals surface area contributed by atoms with E-state index in [0.29, 0.717) is 11.5 Å². The normalized spacial score (nSPS) is 12.0. The number of alkyl halides is 3. The average molecular weight is 399 g/mol. The molecule has 0 unspecified atom stereocenters. The van der Waals surface area contributed by atoms with E-state index in [1.807, 2.05) is 0 Å². The third-order valence-corrected chi connectivity index (χ3v) is 4.75. The van der Waals surface area contributed by atoms with Gasteiger partial charge in [-0.25, -0.2) is 8.42 Å². The molecule has 0 aliphatic heterocycles. The summed E-state index contributed by atoms with van der Waals surface area (Å²) in [5, 5.41) is 11.0. The van der Waals surface area contributed by atoms with Gasteiger partial charge < -0.3 is 4.74 Å². The van der Waals surface area contributed by atoms with E-state index in [9.17, 15) is 21.6 Å². The maximum atomic E-state index is 12.6. The van der Waals surface area contributed by atoms with Crippen molar-refractivity contribution < 1.29 is 26.3 Å². The molecule has 1 heterocycles. The van der Waals surface area contributed by atoms with Gasteiger partial charge in [0.1, 0.15) is 10.6 Å². The number of anilines is 1. The Morgan fingerprint density at radius 3 is 2.52 bits per heavy atom. The van der Waals surface area contributed by atoms with E-state index in [4.69, 9.17) is 0 Å². The van der Waals surface area contributed by atoms with Gasteiger partial charge in [0.25, 0.3) is 10.0 Å². The summed E-state index contributed by atoms with van der Waals surface area (Å²) in [5.74, 6) is -0.357. The van der Waals surface area contributed by atoms with Gasteiger partial charge in [0.05, 0.1) is 11.4 Å². The molecular weight excluding hydrogens is 387 g/mol. The lowest BCUT2D eigenvalue weighted by atomic mass is 10.3. The summed E-state index contributed by atoms with van der Waals surface area (Å²) < 4.78 is 70.1. The van der Waals surface area contributed by atoms with E-state index in [1.165, 1.54) is 28.9 Å². The minimum atomic E-state index is -5.02. The number of aryl methyl sites for hydroxylation is 1. The van der Waals surface area contributed by atoms with Crippen LogP contribution in [0.15, 0.2) is 53.4 Å². The molecule has 8 nitrogen and oxygen atoms in total. The Morgan fingerprint density at radius 2 is 1.85 bits per heavy atom. The van der Waals surface area contributed by atoms with Crippen molar-refractivity contribution in [1.29, 1.82) is 0 Å². The highest BCUT2D eigenvalue weighted by molar-refractivity contribution is 7.92. The second-order valence-corrected chi connectivity index (χ2v) is 6.94. The van der Waals surface area contributed by atoms with Crippen LogP contribution in [0.4, 0.5) is 18.9 Å². The topological polar surface area (TPSA) is 99.0 Å². The summed E-state index contributed by atoms with van der Waals surface area (Å²) in [7, 11) is -4.35. The van der Waals surface area contributed by atoms with Crippen LogP contribution < -0.4 is 9.46 Å². The van der Waals surface area contributed by atoms with Gasteiger partial charge in [-0.15, -0.1) is 18.3 Å². The molecule has 0 bridgehead atoms. The minimum absolute atomic E-state index is 0.115. The molecule has 142 valence electrons. The third-order valence-electron chi connectivity index (χ3n) is 3.33. The molecule has 3 rings (SSSR count). The summed E-state index contributed by atoms with van der Waals surface area (Å²) in [6.07, 6.45) is -5.02. The predicted octanol–water partition coefficient (Wildman–Crippen LogP) is 2.67. The number of tetrazole rings is 1. The van der Waals surface area contributed by atoms with Crippen molar-refractivity contribution in [3.8, 4) is 11.4 Å². The maximum Gasteiger partial charge on any atom is 0.573 e. The van der Waals surface area contributed by atoms with Crippen LogP contribution in [0.1, 0.15) is 5.82 Å². The smallest absolute Gasteiger partial charge is 0.404 e. The number of nitrogens with one attached hydrogen (secondary N) is 1. The van der Waals surface area contributed by atoms with Gasteiger partial charge in [0.2, 0.25) is 0 Å². The molecule has 2 aromatic carbocycles. The van der Waals surface area contributed by atoms with E-state index in [0.717, 1.165) is 12.1 Å². The number of benzene rings is 2. The molecule has 0 aliphatic carbocycles. The molecule has 0 radical (unpaired) electrons. The van der Waals surface area contributed by atoms with Gasteiger partial charge in [0.15, 0.2) is 5.82 Å². The second kappa shape index (κ2) is 6.87. The first-order chi connectivity index (χ1) is 12.7. The van der Waals surface area contributed by atoms with Crippen LogP contribution in [0.3, 0.4) is 0 Å². The third kappa shape index (κ3) is 4.34. The molecule has 12 heteroatoms. The minimum Gasteiger partial charge on any atom is -0.404 e. The van der Waals surface area contributed by atoms with Gasteiger partial charge in [-0.1, -0.05) is 18.2 Å². The van der Waals surface area contributed by atoms with Crippen molar-refractivity contribution in [2.75, 3.05) is 4.72 Å². The summed E-state index contributed by atoms with van der Waals surface area (Å²) in [6, 6.07) is 10.5. The molecule has 0 saturated heterocycles. The van der Waals surface area contributed by atoms with E-state index < -0.39 is 27.0 Å². The molecule has 0 fully saturated rings. The molecule has 0 amide bonds. The number of halogens is 3. The predicted molar refractivity (Wildman–Crippen MR) is 87.8 cm³/mol. The van der Waals surface area contributed by atoms with Gasteiger partial charge >= 0.3 is 6.36 Å². The number of nitrogens with zero attached hydrogens (tertiary/aromatic N) is 4. The average Bonchev–Trinajstić information content (AvgIpc) is 2.99. The van der Waals surface area contributed by atoms with Gasteiger partial charge in [-0.2, -0.15) is 4.68 Å². The zero-order chi connectivity index (χ0) is 19.7. The number of ether oxygens (including phenoxy) is 1. The lowest BCUT2D eigenvalue weighted by Gasteiger charge is -2.14. The Morgan fingerprint density at radius 1 is 1.11 bits per heavy atom. The number of para-hydroxylation sites is 1. The zero-order valence-corrected chi connectivity index (χ0v) is 14.5. The Balaban J connectivity index is 1.94. The van der Waals surface area contributed by atoms with E-state index in [2.05, 4.69) is 25.0 Å². The van der Waals surface area contributed by atoms with Crippen LogP contribution in [0, 0.1) is 6.92 Å². The summed E-state index contributed by atoms with van der Waals surface area (Å²) in [5.41, 5.74) is 0.585. The van der Waals surface area contributed by atoms with Crippen LogP contribution in [-0.2, 0) is 10.0 Å². The van der Waals surface area contributed by atoms with E-state index in [1.54, 1.807) is 19.1 Å². The van der Waals surface area contributed by atoms with E-state index in [-0.39, 0.29) is 5.69 Å². The lowest BCUT2D eigenvalue weighted by Crippen LogP contribution is -2.21. The standard InChI is InChI=1S/C15H12F3N5O3S/c1-10-19-21-22-23(10)12-6-4-5-11(9-12)20-27(24,25)14-8-3-2-7-13(14)26-15(16,17)18/h2-9,20H,1H3. The fourth-order valence-corrected chi connectivity index (χ4v) is 3.44. The van der Waals surface area contributed by atoms with Crippen molar-refractivity contribution >= 4 is 15.7 Å². The van der Waals surface area contributed by atoms with Crippen LogP contribution in [0.25, 0.3) is 5.69 Å². The number of aromatic nitrogens is 4. The first-order valence-electron chi connectivity index (χ1n) is 7.39. The molecule has 3 aromatic rings. The molecule has 1 aromatic heterocycles. The molecule has 0 atom stereocenters. The van der Waals surface area contributed by atoms with Gasteiger partial charge in [-0.05, 0) is 47.7 Å². The number of hydrogen-bond acceptors (Lipinski definition) is 6. The Bertz CT molecular complexity index is 1070. The van der Waals surface area contributed by atoms with Crippen molar-refractivity contribution in [2.45, 2.75) is 18.2 Å². The van der Waals surface area contributed by atoms with Crippen LogP contribution in [0.5, 0.6) is 5.75 Å². The summed E-state index contributed by atoms with van der Waals surface area (Å²) in [4.78, 5) is -0.647. The summed E-state index contributed by atoms with van der Waals surface area (Å²) in [6.45, 7) is 1.65. The number of hydrogen-bond donors (Lipinski definition) is 1. The molecule has 0 spiro atoms. The van der Waals surface area contributed by atoms with E-state index >= 15 is 0 Å². The Labute approximate surface area is 151 Å². The maximum absolute atomic E-state index is 12.6. The fraction of sp³-hybridized carbons (Fsp3) is 0.133. The molecule has 1 N–H and O–H groups in total. The zero-order valence-electron chi connectivity index (χ0n) is 13.7. The van der Waals surface area contributed by atoms with Gasteiger partial charge in [0, 0.05) is 0 Å². The Hall–Kier alpha value is -3.15. The number of sulfonamides is 1. The highest BCUT2D eigenvalue weighted by Gasteiger charge is 2.34.